The quantitative estimate of drug-likeness (QED) is 0.502. The lowest BCUT2D eigenvalue weighted by molar-refractivity contribution is -0.384. The second kappa shape index (κ2) is 9.60. The third kappa shape index (κ3) is 5.38. The molecule has 154 valence electrons. The number of hydrogen-bond donors (Lipinski definition) is 0. The number of nitrogens with zero attached hydrogens (tertiary/aromatic N) is 3. The molecular weight excluding hydrogens is 394 g/mol. The molecule has 2 aromatic carbocycles. The minimum absolute atomic E-state index is 0.0745. The average Bonchev–Trinajstić information content (AvgIpc) is 2.74. The number of anilines is 1. The van der Waals surface area contributed by atoms with Crippen LogP contribution in [0.4, 0.5) is 11.4 Å². The van der Waals surface area contributed by atoms with Gasteiger partial charge in [0.25, 0.3) is 5.69 Å². The lowest BCUT2D eigenvalue weighted by atomic mass is 9.95. The monoisotopic (exact) mass is 417 g/mol. The van der Waals surface area contributed by atoms with Crippen molar-refractivity contribution in [3.63, 3.8) is 0 Å². The predicted octanol–water partition coefficient (Wildman–Crippen LogP) is 4.00. The second-order valence-electron chi connectivity index (χ2n) is 7.07. The molecule has 1 saturated heterocycles. The number of nitro benzene ring substituents is 1. The van der Waals surface area contributed by atoms with E-state index in [-0.39, 0.29) is 22.4 Å². The van der Waals surface area contributed by atoms with Gasteiger partial charge >= 0.3 is 0 Å². The van der Waals surface area contributed by atoms with Gasteiger partial charge in [0.05, 0.1) is 11.5 Å². The Hall–Kier alpha value is -2.80. The van der Waals surface area contributed by atoms with Crippen LogP contribution in [0, 0.1) is 16.0 Å². The highest BCUT2D eigenvalue weighted by Gasteiger charge is 2.29. The summed E-state index contributed by atoms with van der Waals surface area (Å²) in [6, 6.07) is 13.9. The largest absolute Gasteiger partial charge is 0.492 e. The zero-order valence-electron chi connectivity index (χ0n) is 16.3. The van der Waals surface area contributed by atoms with Gasteiger partial charge in [-0.05, 0) is 43.2 Å². The second-order valence-corrected chi connectivity index (χ2v) is 7.51. The van der Waals surface area contributed by atoms with E-state index < -0.39 is 0 Å². The maximum absolute atomic E-state index is 12.7. The fourth-order valence-corrected chi connectivity index (χ4v) is 3.63. The van der Waals surface area contributed by atoms with Crippen LogP contribution >= 0.6 is 11.6 Å². The number of benzene rings is 2. The van der Waals surface area contributed by atoms with Crippen molar-refractivity contribution in [2.24, 2.45) is 5.92 Å². The number of para-hydroxylation sites is 2. The van der Waals surface area contributed by atoms with Crippen molar-refractivity contribution in [1.29, 1.82) is 0 Å². The number of ether oxygens (including phenoxy) is 1. The number of rotatable bonds is 7. The van der Waals surface area contributed by atoms with Gasteiger partial charge in [-0.2, -0.15) is 0 Å². The molecule has 29 heavy (non-hydrogen) atoms. The average molecular weight is 418 g/mol. The first-order chi connectivity index (χ1) is 14.0. The summed E-state index contributed by atoms with van der Waals surface area (Å²) in [7, 11) is 1.78. The zero-order chi connectivity index (χ0) is 20.8. The summed E-state index contributed by atoms with van der Waals surface area (Å²) in [5.41, 5.74) is 0.724. The van der Waals surface area contributed by atoms with Gasteiger partial charge in [-0.3, -0.25) is 14.9 Å². The van der Waals surface area contributed by atoms with Crippen molar-refractivity contribution in [2.75, 3.05) is 38.2 Å². The number of hydrogen-bond acceptors (Lipinski definition) is 5. The van der Waals surface area contributed by atoms with E-state index in [1.165, 1.54) is 6.07 Å². The summed E-state index contributed by atoms with van der Waals surface area (Å²) < 4.78 is 5.66. The Morgan fingerprint density at radius 2 is 1.86 bits per heavy atom. The van der Waals surface area contributed by atoms with Gasteiger partial charge in [0, 0.05) is 37.1 Å². The Bertz CT molecular complexity index is 851. The molecule has 7 nitrogen and oxygen atoms in total. The van der Waals surface area contributed by atoms with Crippen molar-refractivity contribution < 1.29 is 14.5 Å². The van der Waals surface area contributed by atoms with Crippen LogP contribution in [0.1, 0.15) is 12.8 Å². The van der Waals surface area contributed by atoms with Gasteiger partial charge in [0.15, 0.2) is 0 Å². The van der Waals surface area contributed by atoms with Crippen LogP contribution in [-0.2, 0) is 4.79 Å². The number of halogens is 1. The Morgan fingerprint density at radius 1 is 1.21 bits per heavy atom. The third-order valence-electron chi connectivity index (χ3n) is 5.15. The molecule has 0 radical (unpaired) electrons. The van der Waals surface area contributed by atoms with Crippen LogP contribution in [0.2, 0.25) is 5.02 Å². The highest BCUT2D eigenvalue weighted by Crippen LogP contribution is 2.31. The first-order valence-corrected chi connectivity index (χ1v) is 9.95. The van der Waals surface area contributed by atoms with E-state index in [0.717, 1.165) is 0 Å². The Kier molecular flexibility index (Phi) is 6.93. The topological polar surface area (TPSA) is 75.9 Å². The number of amides is 1. The van der Waals surface area contributed by atoms with E-state index in [4.69, 9.17) is 16.3 Å². The van der Waals surface area contributed by atoms with Crippen LogP contribution in [-0.4, -0.2) is 49.0 Å². The van der Waals surface area contributed by atoms with E-state index in [2.05, 4.69) is 0 Å². The molecule has 0 unspecified atom stereocenters. The summed E-state index contributed by atoms with van der Waals surface area (Å²) in [5.74, 6) is 0.731. The van der Waals surface area contributed by atoms with Crippen molar-refractivity contribution in [3.05, 3.63) is 63.7 Å². The minimum atomic E-state index is -0.360. The van der Waals surface area contributed by atoms with Crippen LogP contribution < -0.4 is 9.64 Å². The lowest BCUT2D eigenvalue weighted by Crippen LogP contribution is -2.42. The van der Waals surface area contributed by atoms with Crippen molar-refractivity contribution >= 4 is 28.9 Å². The van der Waals surface area contributed by atoms with Gasteiger partial charge < -0.3 is 14.5 Å². The number of carbonyl (C=O) groups excluding carboxylic acids is 1. The Morgan fingerprint density at radius 3 is 2.52 bits per heavy atom. The molecule has 0 atom stereocenters. The molecule has 0 aliphatic carbocycles. The van der Waals surface area contributed by atoms with Crippen molar-refractivity contribution in [2.45, 2.75) is 12.8 Å². The zero-order valence-corrected chi connectivity index (χ0v) is 17.0. The lowest BCUT2D eigenvalue weighted by Gasteiger charge is -2.34. The van der Waals surface area contributed by atoms with E-state index >= 15 is 0 Å². The molecular formula is C21H24ClN3O4. The molecule has 2 aromatic rings. The molecule has 0 saturated carbocycles. The maximum atomic E-state index is 12.7. The fourth-order valence-electron chi connectivity index (χ4n) is 3.51. The van der Waals surface area contributed by atoms with Gasteiger partial charge in [0.1, 0.15) is 18.0 Å². The van der Waals surface area contributed by atoms with Crippen molar-refractivity contribution in [3.8, 4) is 5.75 Å². The van der Waals surface area contributed by atoms with E-state index in [9.17, 15) is 14.9 Å². The highest BCUT2D eigenvalue weighted by atomic mass is 35.5. The van der Waals surface area contributed by atoms with Crippen LogP contribution in [0.15, 0.2) is 48.5 Å². The molecule has 1 amide bonds. The van der Waals surface area contributed by atoms with Gasteiger partial charge in [-0.1, -0.05) is 23.7 Å². The third-order valence-corrected chi connectivity index (χ3v) is 5.40. The molecule has 1 aliphatic rings. The fraction of sp³-hybridized carbons (Fsp3) is 0.381. The highest BCUT2D eigenvalue weighted by molar-refractivity contribution is 6.30. The SMILES string of the molecule is CN(CCOc1ccc(Cl)cc1)C(=O)C1CCN(c2ccccc2[N+](=O)[O-])CC1. The van der Waals surface area contributed by atoms with Crippen molar-refractivity contribution in [1.82, 2.24) is 4.90 Å². The number of piperidine rings is 1. The minimum Gasteiger partial charge on any atom is -0.492 e. The Balaban J connectivity index is 1.48. The first kappa shape index (κ1) is 20.9. The molecule has 0 aromatic heterocycles. The summed E-state index contributed by atoms with van der Waals surface area (Å²) in [5, 5.41) is 11.9. The van der Waals surface area contributed by atoms with Crippen LogP contribution in [0.5, 0.6) is 5.75 Å². The van der Waals surface area contributed by atoms with E-state index in [1.807, 2.05) is 4.90 Å². The summed E-state index contributed by atoms with van der Waals surface area (Å²) in [4.78, 5) is 27.3. The molecule has 1 fully saturated rings. The molecule has 0 bridgehead atoms. The summed E-state index contributed by atoms with van der Waals surface area (Å²) >= 11 is 5.85. The number of nitro groups is 1. The molecule has 0 spiro atoms. The van der Waals surface area contributed by atoms with Crippen LogP contribution in [0.25, 0.3) is 0 Å². The molecule has 8 heteroatoms. The smallest absolute Gasteiger partial charge is 0.292 e. The normalized spacial score (nSPS) is 14.5. The molecule has 3 rings (SSSR count). The maximum Gasteiger partial charge on any atom is 0.292 e. The van der Waals surface area contributed by atoms with E-state index in [1.54, 1.807) is 54.4 Å². The first-order valence-electron chi connectivity index (χ1n) is 9.57. The van der Waals surface area contributed by atoms with E-state index in [0.29, 0.717) is 55.5 Å². The summed E-state index contributed by atoms with van der Waals surface area (Å²) in [6.45, 7) is 2.14. The molecule has 1 aliphatic heterocycles. The van der Waals surface area contributed by atoms with Gasteiger partial charge in [0.2, 0.25) is 5.91 Å². The molecule has 1 heterocycles. The number of carbonyl (C=O) groups is 1. The standard InChI is InChI=1S/C21H24ClN3O4/c1-23(14-15-29-18-8-6-17(22)7-9-18)21(26)16-10-12-24(13-11-16)19-4-2-3-5-20(19)25(27)28/h2-9,16H,10-15H2,1H3. The molecule has 0 N–H and O–H groups in total. The van der Waals surface area contributed by atoms with Crippen LogP contribution in [0.3, 0.4) is 0 Å². The van der Waals surface area contributed by atoms with Gasteiger partial charge in [-0.15, -0.1) is 0 Å². The van der Waals surface area contributed by atoms with Gasteiger partial charge in [-0.25, -0.2) is 0 Å². The summed E-state index contributed by atoms with van der Waals surface area (Å²) in [6.07, 6.45) is 1.35. The Labute approximate surface area is 175 Å². The number of likely N-dealkylation sites (N-methyl/N-ethyl adjacent to an activating group) is 1. The predicted molar refractivity (Wildman–Crippen MR) is 113 cm³/mol.